The van der Waals surface area contributed by atoms with Gasteiger partial charge in [-0.25, -0.2) is 0 Å². The monoisotopic (exact) mass is 330 g/mol. The van der Waals surface area contributed by atoms with E-state index >= 15 is 0 Å². The molecule has 0 spiro atoms. The van der Waals surface area contributed by atoms with Crippen LogP contribution >= 0.6 is 0 Å². The normalized spacial score (nSPS) is 12.7. The number of carboxylic acids is 1. The lowest BCUT2D eigenvalue weighted by molar-refractivity contribution is -0.309. The van der Waals surface area contributed by atoms with Crippen LogP contribution in [0, 0.1) is 5.92 Å². The van der Waals surface area contributed by atoms with E-state index in [0.29, 0.717) is 19.6 Å². The molecule has 134 valence electrons. The first kappa shape index (κ1) is 21.6. The number of hydrogen-bond donors (Lipinski definition) is 2. The minimum Gasteiger partial charge on any atom is -0.550 e. The van der Waals surface area contributed by atoms with Crippen LogP contribution in [0.3, 0.4) is 0 Å². The van der Waals surface area contributed by atoms with Crippen molar-refractivity contribution in [3.05, 3.63) is 12.2 Å². The Morgan fingerprint density at radius 3 is 2.39 bits per heavy atom. The summed E-state index contributed by atoms with van der Waals surface area (Å²) in [6.07, 6.45) is 5.72. The Kier molecular flexibility index (Phi) is 13.3. The lowest BCUT2D eigenvalue weighted by atomic mass is 10.0. The summed E-state index contributed by atoms with van der Waals surface area (Å²) in [4.78, 5) is 24.4. The van der Waals surface area contributed by atoms with E-state index in [0.717, 1.165) is 19.3 Å². The molecule has 0 radical (unpaired) electrons. The van der Waals surface area contributed by atoms with Crippen molar-refractivity contribution >= 4 is 11.9 Å². The Hall–Kier alpha value is -1.44. The molecule has 0 amide bonds. The summed E-state index contributed by atoms with van der Waals surface area (Å²) in [5.41, 5.74) is 0. The van der Waals surface area contributed by atoms with E-state index in [1.807, 2.05) is 6.92 Å². The van der Waals surface area contributed by atoms with Crippen molar-refractivity contribution < 1.29 is 29.6 Å². The predicted octanol–water partition coefficient (Wildman–Crippen LogP) is -0.681. The van der Waals surface area contributed by atoms with Crippen LogP contribution in [-0.2, 0) is 14.3 Å². The number of nitrogens with zero attached hydrogens (tertiary/aromatic N) is 1. The Balaban J connectivity index is 4.16. The zero-order valence-electron chi connectivity index (χ0n) is 13.8. The van der Waals surface area contributed by atoms with Crippen molar-refractivity contribution in [3.63, 3.8) is 0 Å². The first-order valence-electron chi connectivity index (χ1n) is 8.02. The van der Waals surface area contributed by atoms with Crippen LogP contribution in [0.5, 0.6) is 0 Å². The number of aliphatic hydroxyl groups excluding tert-OH is 2. The molecule has 0 aromatic heterocycles. The zero-order valence-corrected chi connectivity index (χ0v) is 13.8. The maximum absolute atomic E-state index is 11.7. The third kappa shape index (κ3) is 11.7. The molecule has 0 aromatic carbocycles. The molecule has 0 aromatic rings. The van der Waals surface area contributed by atoms with Crippen LogP contribution in [0.1, 0.15) is 32.6 Å². The van der Waals surface area contributed by atoms with Gasteiger partial charge in [0.15, 0.2) is 0 Å². The van der Waals surface area contributed by atoms with Crippen LogP contribution in [0.4, 0.5) is 0 Å². The van der Waals surface area contributed by atoms with Gasteiger partial charge in [0.05, 0.1) is 19.6 Å². The lowest BCUT2D eigenvalue weighted by Gasteiger charge is -2.20. The molecule has 0 fully saturated rings. The van der Waals surface area contributed by atoms with Gasteiger partial charge in [-0.1, -0.05) is 31.9 Å². The van der Waals surface area contributed by atoms with Gasteiger partial charge in [0.1, 0.15) is 6.61 Å². The van der Waals surface area contributed by atoms with Crippen LogP contribution in [0.2, 0.25) is 0 Å². The molecule has 0 bridgehead atoms. The van der Waals surface area contributed by atoms with Gasteiger partial charge >= 0.3 is 5.97 Å². The minimum absolute atomic E-state index is 0.0523. The summed E-state index contributed by atoms with van der Waals surface area (Å²) in [7, 11) is 0. The second-order valence-electron chi connectivity index (χ2n) is 5.21. The molecule has 0 rings (SSSR count). The number of unbranched alkanes of at least 4 members (excludes halogenated alkanes) is 2. The SMILES string of the molecule is CCCCC=CC(CC(=O)OCCN(CCO)CCO)C(=O)[O-]. The molecule has 1 unspecified atom stereocenters. The van der Waals surface area contributed by atoms with E-state index in [1.54, 1.807) is 11.0 Å². The van der Waals surface area contributed by atoms with Gasteiger partial charge < -0.3 is 24.9 Å². The first-order chi connectivity index (χ1) is 11.0. The summed E-state index contributed by atoms with van der Waals surface area (Å²) >= 11 is 0. The molecule has 0 saturated heterocycles. The number of carbonyl (C=O) groups excluding carboxylic acids is 2. The minimum atomic E-state index is -1.29. The first-order valence-corrected chi connectivity index (χ1v) is 8.02. The molecule has 0 aliphatic rings. The number of aliphatic carboxylic acids is 1. The molecular weight excluding hydrogens is 302 g/mol. The Bertz CT molecular complexity index is 352. The molecule has 0 saturated carbocycles. The van der Waals surface area contributed by atoms with Crippen molar-refractivity contribution in [1.82, 2.24) is 4.90 Å². The molecule has 0 heterocycles. The number of carboxylic acid groups (broad SMARTS) is 1. The van der Waals surface area contributed by atoms with E-state index in [9.17, 15) is 14.7 Å². The molecule has 7 nitrogen and oxygen atoms in total. The van der Waals surface area contributed by atoms with E-state index in [2.05, 4.69) is 0 Å². The third-order valence-corrected chi connectivity index (χ3v) is 3.29. The van der Waals surface area contributed by atoms with Crippen LogP contribution < -0.4 is 5.11 Å². The molecular formula is C16H28NO6-. The Labute approximate surface area is 137 Å². The predicted molar refractivity (Wildman–Crippen MR) is 83.3 cm³/mol. The summed E-state index contributed by atoms with van der Waals surface area (Å²) in [6.45, 7) is 3.14. The van der Waals surface area contributed by atoms with Gasteiger partial charge in [-0.15, -0.1) is 0 Å². The van der Waals surface area contributed by atoms with Gasteiger partial charge in [-0.05, 0) is 6.42 Å². The second kappa shape index (κ2) is 14.2. The van der Waals surface area contributed by atoms with Crippen molar-refractivity contribution in [2.45, 2.75) is 32.6 Å². The summed E-state index contributed by atoms with van der Waals surface area (Å²) < 4.78 is 5.00. The Morgan fingerprint density at radius 1 is 1.22 bits per heavy atom. The fourth-order valence-corrected chi connectivity index (χ4v) is 1.96. The number of carbonyl (C=O) groups is 2. The molecule has 23 heavy (non-hydrogen) atoms. The molecule has 1 atom stereocenters. The van der Waals surface area contributed by atoms with Gasteiger partial charge in [0.2, 0.25) is 0 Å². The highest BCUT2D eigenvalue weighted by Crippen LogP contribution is 2.08. The number of allylic oxidation sites excluding steroid dienone is 1. The van der Waals surface area contributed by atoms with Gasteiger partial charge in [0.25, 0.3) is 0 Å². The van der Waals surface area contributed by atoms with E-state index in [1.165, 1.54) is 6.08 Å². The van der Waals surface area contributed by atoms with E-state index in [4.69, 9.17) is 14.9 Å². The van der Waals surface area contributed by atoms with Crippen LogP contribution in [0.25, 0.3) is 0 Å². The quantitative estimate of drug-likeness (QED) is 0.247. The van der Waals surface area contributed by atoms with E-state index < -0.39 is 17.9 Å². The highest BCUT2D eigenvalue weighted by atomic mass is 16.5. The molecule has 0 aliphatic carbocycles. The smallest absolute Gasteiger partial charge is 0.306 e. The lowest BCUT2D eigenvalue weighted by Crippen LogP contribution is -2.34. The summed E-state index contributed by atoms with van der Waals surface area (Å²) in [5.74, 6) is -2.88. The summed E-state index contributed by atoms with van der Waals surface area (Å²) in [5, 5.41) is 28.7. The molecule has 0 aliphatic heterocycles. The number of rotatable bonds is 14. The average Bonchev–Trinajstić information content (AvgIpc) is 2.50. The zero-order chi connectivity index (χ0) is 17.5. The van der Waals surface area contributed by atoms with Crippen molar-refractivity contribution in [1.29, 1.82) is 0 Å². The van der Waals surface area contributed by atoms with E-state index in [-0.39, 0.29) is 26.2 Å². The number of esters is 1. The molecule has 2 N–H and O–H groups in total. The number of hydrogen-bond acceptors (Lipinski definition) is 7. The van der Waals surface area contributed by atoms with Gasteiger partial charge in [-0.2, -0.15) is 0 Å². The van der Waals surface area contributed by atoms with Crippen molar-refractivity contribution in [3.8, 4) is 0 Å². The maximum atomic E-state index is 11.7. The standard InChI is InChI=1S/C16H29NO6/c1-2-3-4-5-6-14(16(21)22)13-15(20)23-12-9-17(7-10-18)8-11-19/h5-6,14,18-19H,2-4,7-13H2,1H3,(H,21,22)/p-1. The largest absolute Gasteiger partial charge is 0.550 e. The second-order valence-corrected chi connectivity index (χ2v) is 5.21. The van der Waals surface area contributed by atoms with Crippen LogP contribution in [0.15, 0.2) is 12.2 Å². The fraction of sp³-hybridized carbons (Fsp3) is 0.750. The molecule has 7 heteroatoms. The van der Waals surface area contributed by atoms with Gasteiger partial charge in [-0.3, -0.25) is 9.69 Å². The topological polar surface area (TPSA) is 110 Å². The highest BCUT2D eigenvalue weighted by Gasteiger charge is 2.14. The third-order valence-electron chi connectivity index (χ3n) is 3.29. The van der Waals surface area contributed by atoms with Crippen molar-refractivity contribution in [2.75, 3.05) is 39.5 Å². The number of aliphatic hydroxyl groups is 2. The summed E-state index contributed by atoms with van der Waals surface area (Å²) in [6, 6.07) is 0. The fourth-order valence-electron chi connectivity index (χ4n) is 1.96. The Morgan fingerprint density at radius 2 is 1.87 bits per heavy atom. The maximum Gasteiger partial charge on any atom is 0.306 e. The average molecular weight is 330 g/mol. The van der Waals surface area contributed by atoms with Gasteiger partial charge in [0, 0.05) is 31.5 Å². The van der Waals surface area contributed by atoms with Crippen LogP contribution in [-0.4, -0.2) is 66.5 Å². The highest BCUT2D eigenvalue weighted by molar-refractivity contribution is 5.79. The van der Waals surface area contributed by atoms with Crippen molar-refractivity contribution in [2.24, 2.45) is 5.92 Å². The number of ether oxygens (including phenoxy) is 1.